The van der Waals surface area contributed by atoms with Gasteiger partial charge in [0.2, 0.25) is 0 Å². The number of hydrogen-bond acceptors (Lipinski definition) is 7. The van der Waals surface area contributed by atoms with Gasteiger partial charge in [0.1, 0.15) is 5.69 Å². The van der Waals surface area contributed by atoms with Crippen molar-refractivity contribution in [2.24, 2.45) is 0 Å². The van der Waals surface area contributed by atoms with Gasteiger partial charge in [0, 0.05) is 5.56 Å². The molecule has 0 fully saturated rings. The molecular formula is C16H11N3O4. The average molecular weight is 309 g/mol. The molecule has 23 heavy (non-hydrogen) atoms. The van der Waals surface area contributed by atoms with Crippen LogP contribution in [-0.4, -0.2) is 27.8 Å². The lowest BCUT2D eigenvalue weighted by Crippen LogP contribution is -2.07. The maximum Gasteiger partial charge on any atom is 0.360 e. The van der Waals surface area contributed by atoms with E-state index >= 15 is 0 Å². The predicted molar refractivity (Wildman–Crippen MR) is 79.6 cm³/mol. The van der Waals surface area contributed by atoms with Crippen molar-refractivity contribution in [1.82, 2.24) is 10.1 Å². The number of rotatable bonds is 3. The highest BCUT2D eigenvalue weighted by Crippen LogP contribution is 2.35. The van der Waals surface area contributed by atoms with Gasteiger partial charge < -0.3 is 14.4 Å². The Kier molecular flexibility index (Phi) is 3.65. The molecule has 0 aliphatic rings. The molecule has 0 atom stereocenters. The number of nitriles is 1. The van der Waals surface area contributed by atoms with E-state index in [2.05, 4.69) is 10.1 Å². The molecular weight excluding hydrogens is 298 g/mol. The second-order valence-corrected chi connectivity index (χ2v) is 4.64. The Balaban J connectivity index is 2.16. The molecule has 0 bridgehead atoms. The van der Waals surface area contributed by atoms with Crippen molar-refractivity contribution in [3.63, 3.8) is 0 Å². The average Bonchev–Trinajstić information content (AvgIpc) is 3.00. The molecule has 3 rings (SSSR count). The van der Waals surface area contributed by atoms with E-state index in [0.717, 1.165) is 0 Å². The number of carbonyl (C=O) groups excluding carboxylic acids is 1. The summed E-state index contributed by atoms with van der Waals surface area (Å²) < 4.78 is 10.0. The minimum Gasteiger partial charge on any atom is -0.505 e. The van der Waals surface area contributed by atoms with E-state index in [0.29, 0.717) is 16.8 Å². The Morgan fingerprint density at radius 2 is 2.13 bits per heavy atom. The number of hydrogen-bond donors (Lipinski definition) is 1. The van der Waals surface area contributed by atoms with Crippen LogP contribution < -0.4 is 0 Å². The highest BCUT2D eigenvalue weighted by molar-refractivity contribution is 6.02. The summed E-state index contributed by atoms with van der Waals surface area (Å²) in [5.74, 6) is -1.07. The van der Waals surface area contributed by atoms with Gasteiger partial charge in [0.15, 0.2) is 17.0 Å². The van der Waals surface area contributed by atoms with Crippen LogP contribution in [0.2, 0.25) is 0 Å². The van der Waals surface area contributed by atoms with Crippen LogP contribution >= 0.6 is 0 Å². The van der Waals surface area contributed by atoms with E-state index in [9.17, 15) is 9.90 Å². The van der Waals surface area contributed by atoms with Crippen molar-refractivity contribution in [3.8, 4) is 23.1 Å². The molecule has 1 aromatic carbocycles. The number of aromatic hydroxyl groups is 1. The summed E-state index contributed by atoms with van der Waals surface area (Å²) in [6, 6.07) is 8.63. The zero-order valence-corrected chi connectivity index (χ0v) is 12.1. The Hall–Kier alpha value is -3.40. The second-order valence-electron chi connectivity index (χ2n) is 4.64. The van der Waals surface area contributed by atoms with Crippen LogP contribution in [0.1, 0.15) is 23.0 Å². The van der Waals surface area contributed by atoms with E-state index in [4.69, 9.17) is 14.5 Å². The standard InChI is InChI=1S/C16H11N3O4/c1-2-22-16(21)14-15(20)12-11(8-18-14)23-19-13(12)10-5-3-9(7-17)4-6-10/h3-6,8,20H,2H2,1H3. The second kappa shape index (κ2) is 5.77. The Morgan fingerprint density at radius 3 is 2.78 bits per heavy atom. The molecule has 1 N–H and O–H groups in total. The third-order valence-electron chi connectivity index (χ3n) is 3.25. The molecule has 0 saturated carbocycles. The number of ether oxygens (including phenoxy) is 1. The first-order valence-corrected chi connectivity index (χ1v) is 6.80. The zero-order valence-electron chi connectivity index (χ0n) is 12.1. The molecule has 0 spiro atoms. The van der Waals surface area contributed by atoms with E-state index < -0.39 is 5.97 Å². The molecule has 2 aromatic heterocycles. The Morgan fingerprint density at radius 1 is 1.39 bits per heavy atom. The third kappa shape index (κ3) is 2.46. The SMILES string of the molecule is CCOC(=O)c1ncc2onc(-c3ccc(C#N)cc3)c2c1O. The van der Waals surface area contributed by atoms with Crippen LogP contribution in [0.5, 0.6) is 5.75 Å². The maximum absolute atomic E-state index is 11.8. The van der Waals surface area contributed by atoms with Crippen LogP contribution in [0.15, 0.2) is 35.0 Å². The highest BCUT2D eigenvalue weighted by atomic mass is 16.5. The van der Waals surface area contributed by atoms with Crippen LogP contribution in [0.4, 0.5) is 0 Å². The minimum absolute atomic E-state index is 0.171. The van der Waals surface area contributed by atoms with E-state index in [1.807, 2.05) is 6.07 Å². The molecule has 3 aromatic rings. The summed E-state index contributed by atoms with van der Waals surface area (Å²) >= 11 is 0. The summed E-state index contributed by atoms with van der Waals surface area (Å²) in [7, 11) is 0. The highest BCUT2D eigenvalue weighted by Gasteiger charge is 2.22. The fraction of sp³-hybridized carbons (Fsp3) is 0.125. The Labute approximate surface area is 130 Å². The van der Waals surface area contributed by atoms with E-state index in [1.165, 1.54) is 6.20 Å². The normalized spacial score (nSPS) is 10.4. The van der Waals surface area contributed by atoms with Crippen LogP contribution in [0, 0.1) is 11.3 Å². The lowest BCUT2D eigenvalue weighted by atomic mass is 10.1. The molecule has 0 saturated heterocycles. The third-order valence-corrected chi connectivity index (χ3v) is 3.25. The minimum atomic E-state index is -0.723. The summed E-state index contributed by atoms with van der Waals surface area (Å²) in [5.41, 5.74) is 1.54. The number of carbonyl (C=O) groups is 1. The van der Waals surface area contributed by atoms with E-state index in [1.54, 1.807) is 31.2 Å². The smallest absolute Gasteiger partial charge is 0.360 e. The molecule has 0 unspecified atom stereocenters. The predicted octanol–water partition coefficient (Wildman–Crippen LogP) is 2.64. The fourth-order valence-electron chi connectivity index (χ4n) is 2.17. The molecule has 0 aliphatic carbocycles. The number of esters is 1. The largest absolute Gasteiger partial charge is 0.505 e. The number of benzene rings is 1. The van der Waals surface area contributed by atoms with Crippen molar-refractivity contribution in [2.75, 3.05) is 6.61 Å². The van der Waals surface area contributed by atoms with Crippen molar-refractivity contribution in [3.05, 3.63) is 41.7 Å². The molecule has 114 valence electrons. The summed E-state index contributed by atoms with van der Waals surface area (Å²) in [4.78, 5) is 15.7. The summed E-state index contributed by atoms with van der Waals surface area (Å²) in [6.45, 7) is 1.83. The van der Waals surface area contributed by atoms with Crippen LogP contribution in [-0.2, 0) is 4.74 Å². The van der Waals surface area contributed by atoms with Crippen LogP contribution in [0.25, 0.3) is 22.2 Å². The molecule has 0 radical (unpaired) electrons. The topological polar surface area (TPSA) is 109 Å². The van der Waals surface area contributed by atoms with E-state index in [-0.39, 0.29) is 29.0 Å². The first-order valence-electron chi connectivity index (χ1n) is 6.80. The van der Waals surface area contributed by atoms with Gasteiger partial charge in [-0.25, -0.2) is 9.78 Å². The number of nitrogens with zero attached hydrogens (tertiary/aromatic N) is 3. The fourth-order valence-corrected chi connectivity index (χ4v) is 2.17. The first kappa shape index (κ1) is 14.5. The molecule has 2 heterocycles. The zero-order chi connectivity index (χ0) is 16.4. The Bertz CT molecular complexity index is 923. The van der Waals surface area contributed by atoms with Gasteiger partial charge in [-0.1, -0.05) is 17.3 Å². The van der Waals surface area contributed by atoms with Crippen molar-refractivity contribution in [1.29, 1.82) is 5.26 Å². The molecule has 7 nitrogen and oxygen atoms in total. The van der Waals surface area contributed by atoms with Crippen LogP contribution in [0.3, 0.4) is 0 Å². The van der Waals surface area contributed by atoms with Gasteiger partial charge in [0.25, 0.3) is 0 Å². The van der Waals surface area contributed by atoms with Gasteiger partial charge in [-0.15, -0.1) is 0 Å². The lowest BCUT2D eigenvalue weighted by Gasteiger charge is -2.04. The number of fused-ring (bicyclic) bond motifs is 1. The van der Waals surface area contributed by atoms with Gasteiger partial charge in [0.05, 0.1) is 29.8 Å². The molecule has 0 amide bonds. The molecule has 7 heteroatoms. The summed E-state index contributed by atoms with van der Waals surface area (Å²) in [5, 5.41) is 23.4. The number of pyridine rings is 1. The van der Waals surface area contributed by atoms with Crippen molar-refractivity contribution < 1.29 is 19.2 Å². The van der Waals surface area contributed by atoms with Gasteiger partial charge in [-0.2, -0.15) is 5.26 Å². The maximum atomic E-state index is 11.8. The monoisotopic (exact) mass is 309 g/mol. The molecule has 0 aliphatic heterocycles. The van der Waals surface area contributed by atoms with Crippen molar-refractivity contribution in [2.45, 2.75) is 6.92 Å². The quantitative estimate of drug-likeness (QED) is 0.740. The van der Waals surface area contributed by atoms with Gasteiger partial charge in [-0.05, 0) is 19.1 Å². The summed E-state index contributed by atoms with van der Waals surface area (Å²) in [6.07, 6.45) is 1.31. The first-order chi connectivity index (χ1) is 11.2. The lowest BCUT2D eigenvalue weighted by molar-refractivity contribution is 0.0516. The van der Waals surface area contributed by atoms with Crippen molar-refractivity contribution >= 4 is 16.9 Å². The number of aromatic nitrogens is 2. The van der Waals surface area contributed by atoms with Gasteiger partial charge >= 0.3 is 5.97 Å². The van der Waals surface area contributed by atoms with Gasteiger partial charge in [-0.3, -0.25) is 0 Å².